The van der Waals surface area contributed by atoms with E-state index in [0.717, 1.165) is 36.3 Å². The molecular weight excluding hydrogens is 250 g/mol. The van der Waals surface area contributed by atoms with Gasteiger partial charge in [0.15, 0.2) is 0 Å². The van der Waals surface area contributed by atoms with Gasteiger partial charge in [-0.2, -0.15) is 0 Å². The first kappa shape index (κ1) is 15.2. The maximum atomic E-state index is 6.42. The van der Waals surface area contributed by atoms with Crippen molar-refractivity contribution in [3.8, 4) is 11.5 Å². The lowest BCUT2D eigenvalue weighted by Gasteiger charge is -2.40. The predicted molar refractivity (Wildman–Crippen MR) is 82.3 cm³/mol. The fourth-order valence-electron chi connectivity index (χ4n) is 2.82. The van der Waals surface area contributed by atoms with Crippen LogP contribution in [0.2, 0.25) is 0 Å². The fraction of sp³-hybridized carbons (Fsp3) is 0.647. The van der Waals surface area contributed by atoms with Crippen LogP contribution in [0.3, 0.4) is 0 Å². The molecule has 1 atom stereocenters. The first-order chi connectivity index (χ1) is 9.51. The van der Waals surface area contributed by atoms with E-state index in [2.05, 4.69) is 27.7 Å². The van der Waals surface area contributed by atoms with E-state index >= 15 is 0 Å². The number of nitrogens with two attached hydrogens (primary N) is 1. The minimum Gasteiger partial charge on any atom is -0.493 e. The van der Waals surface area contributed by atoms with E-state index in [9.17, 15) is 0 Å². The molecule has 2 N–H and O–H groups in total. The van der Waals surface area contributed by atoms with Gasteiger partial charge in [-0.05, 0) is 30.9 Å². The van der Waals surface area contributed by atoms with Crippen LogP contribution in [0.5, 0.6) is 11.5 Å². The molecule has 0 aromatic heterocycles. The van der Waals surface area contributed by atoms with Gasteiger partial charge in [-0.1, -0.05) is 33.8 Å². The zero-order valence-corrected chi connectivity index (χ0v) is 13.1. The monoisotopic (exact) mass is 277 g/mol. The summed E-state index contributed by atoms with van der Waals surface area (Å²) in [6.45, 7) is 9.33. The van der Waals surface area contributed by atoms with Gasteiger partial charge in [-0.15, -0.1) is 0 Å². The highest BCUT2D eigenvalue weighted by molar-refractivity contribution is 5.48. The summed E-state index contributed by atoms with van der Waals surface area (Å²) >= 11 is 0. The summed E-state index contributed by atoms with van der Waals surface area (Å²) in [5.41, 5.74) is 7.33. The van der Waals surface area contributed by atoms with Crippen LogP contribution in [0, 0.1) is 5.92 Å². The van der Waals surface area contributed by atoms with E-state index < -0.39 is 0 Å². The number of ether oxygens (including phenoxy) is 2. The van der Waals surface area contributed by atoms with Crippen molar-refractivity contribution in [1.29, 1.82) is 0 Å². The summed E-state index contributed by atoms with van der Waals surface area (Å²) in [7, 11) is 0. The van der Waals surface area contributed by atoms with Crippen molar-refractivity contribution in [3.05, 3.63) is 23.8 Å². The maximum Gasteiger partial charge on any atom is 0.128 e. The predicted octanol–water partition coefficient (Wildman–Crippen LogP) is 4.06. The zero-order chi connectivity index (χ0) is 14.8. The summed E-state index contributed by atoms with van der Waals surface area (Å²) in [6.07, 6.45) is 2.82. The molecule has 0 aliphatic carbocycles. The van der Waals surface area contributed by atoms with Crippen molar-refractivity contribution in [2.45, 2.75) is 58.6 Å². The van der Waals surface area contributed by atoms with Gasteiger partial charge in [-0.25, -0.2) is 0 Å². The number of fused-ring (bicyclic) bond motifs is 1. The molecule has 112 valence electrons. The second-order valence-corrected chi connectivity index (χ2v) is 6.18. The van der Waals surface area contributed by atoms with Crippen LogP contribution in [0.4, 0.5) is 0 Å². The lowest BCUT2D eigenvalue weighted by atomic mass is 9.83. The largest absolute Gasteiger partial charge is 0.493 e. The molecule has 0 fully saturated rings. The molecule has 1 aliphatic heterocycles. The molecule has 0 saturated heterocycles. The summed E-state index contributed by atoms with van der Waals surface area (Å²) in [4.78, 5) is 0. The van der Waals surface area contributed by atoms with E-state index in [1.54, 1.807) is 0 Å². The van der Waals surface area contributed by atoms with Gasteiger partial charge >= 0.3 is 0 Å². The topological polar surface area (TPSA) is 44.5 Å². The zero-order valence-electron chi connectivity index (χ0n) is 13.1. The molecule has 1 aromatic rings. The molecule has 1 unspecified atom stereocenters. The molecule has 20 heavy (non-hydrogen) atoms. The highest BCUT2D eigenvalue weighted by Gasteiger charge is 2.38. The van der Waals surface area contributed by atoms with Gasteiger partial charge < -0.3 is 15.2 Å². The third kappa shape index (κ3) is 2.93. The molecule has 3 nitrogen and oxygen atoms in total. The highest BCUT2D eigenvalue weighted by atomic mass is 16.5. The van der Waals surface area contributed by atoms with Gasteiger partial charge in [0.1, 0.15) is 17.1 Å². The van der Waals surface area contributed by atoms with Crippen molar-refractivity contribution in [2.75, 3.05) is 6.61 Å². The van der Waals surface area contributed by atoms with Crippen LogP contribution in [-0.2, 0) is 0 Å². The van der Waals surface area contributed by atoms with Gasteiger partial charge in [0.25, 0.3) is 0 Å². The summed E-state index contributed by atoms with van der Waals surface area (Å²) in [6, 6.07) is 5.98. The summed E-state index contributed by atoms with van der Waals surface area (Å²) in [5, 5.41) is 0. The first-order valence-corrected chi connectivity index (χ1v) is 7.71. The van der Waals surface area contributed by atoms with Crippen molar-refractivity contribution < 1.29 is 9.47 Å². The van der Waals surface area contributed by atoms with Crippen LogP contribution in [-0.4, -0.2) is 12.2 Å². The fourth-order valence-corrected chi connectivity index (χ4v) is 2.82. The van der Waals surface area contributed by atoms with Crippen molar-refractivity contribution in [2.24, 2.45) is 11.7 Å². The lowest BCUT2D eigenvalue weighted by Crippen LogP contribution is -2.42. The Morgan fingerprint density at radius 3 is 2.65 bits per heavy atom. The SMILES string of the molecule is CCC1(CC)CC(N)c2c(OCC(C)C)cccc2O1. The molecule has 0 saturated carbocycles. The van der Waals surface area contributed by atoms with Crippen LogP contribution in [0.25, 0.3) is 0 Å². The minimum absolute atomic E-state index is 0.0120. The van der Waals surface area contributed by atoms with Crippen molar-refractivity contribution in [3.63, 3.8) is 0 Å². The number of hydrogen-bond donors (Lipinski definition) is 1. The van der Waals surface area contributed by atoms with Crippen LogP contribution in [0.15, 0.2) is 18.2 Å². The lowest BCUT2D eigenvalue weighted by molar-refractivity contribution is 0.0270. The summed E-state index contributed by atoms with van der Waals surface area (Å²) in [5.74, 6) is 2.27. The molecule has 3 heteroatoms. The molecule has 0 amide bonds. The normalized spacial score (nSPS) is 20.4. The van der Waals surface area contributed by atoms with Gasteiger partial charge in [0.05, 0.1) is 12.2 Å². The van der Waals surface area contributed by atoms with Gasteiger partial charge in [0, 0.05) is 12.5 Å². The quantitative estimate of drug-likeness (QED) is 0.882. The molecule has 1 aliphatic rings. The second kappa shape index (κ2) is 6.04. The first-order valence-electron chi connectivity index (χ1n) is 7.71. The molecular formula is C17H27NO2. The Balaban J connectivity index is 2.31. The average molecular weight is 277 g/mol. The van der Waals surface area contributed by atoms with E-state index in [0.29, 0.717) is 12.5 Å². The van der Waals surface area contributed by atoms with Crippen LogP contribution in [0.1, 0.15) is 58.6 Å². The Morgan fingerprint density at radius 1 is 1.35 bits per heavy atom. The standard InChI is InChI=1S/C17H27NO2/c1-5-17(6-2)10-13(18)16-14(19-11-12(3)4)8-7-9-15(16)20-17/h7-9,12-13H,5-6,10-11,18H2,1-4H3. The van der Waals surface area contributed by atoms with Crippen LogP contribution >= 0.6 is 0 Å². The van der Waals surface area contributed by atoms with E-state index in [1.807, 2.05) is 18.2 Å². The maximum absolute atomic E-state index is 6.42. The Hall–Kier alpha value is -1.22. The minimum atomic E-state index is -0.122. The molecule has 0 radical (unpaired) electrons. The van der Waals surface area contributed by atoms with Crippen molar-refractivity contribution in [1.82, 2.24) is 0 Å². The highest BCUT2D eigenvalue weighted by Crippen LogP contribution is 2.45. The average Bonchev–Trinajstić information content (AvgIpc) is 2.44. The molecule has 1 aromatic carbocycles. The molecule has 0 bridgehead atoms. The number of hydrogen-bond acceptors (Lipinski definition) is 3. The molecule has 0 spiro atoms. The number of rotatable bonds is 5. The van der Waals surface area contributed by atoms with E-state index in [1.165, 1.54) is 0 Å². The third-order valence-electron chi connectivity index (χ3n) is 4.18. The Kier molecular flexibility index (Phi) is 4.59. The second-order valence-electron chi connectivity index (χ2n) is 6.18. The molecule has 1 heterocycles. The van der Waals surface area contributed by atoms with Crippen molar-refractivity contribution >= 4 is 0 Å². The smallest absolute Gasteiger partial charge is 0.128 e. The van der Waals surface area contributed by atoms with Gasteiger partial charge in [-0.3, -0.25) is 0 Å². The number of benzene rings is 1. The van der Waals surface area contributed by atoms with Gasteiger partial charge in [0.2, 0.25) is 0 Å². The Bertz CT molecular complexity index is 452. The van der Waals surface area contributed by atoms with E-state index in [-0.39, 0.29) is 11.6 Å². The van der Waals surface area contributed by atoms with E-state index in [4.69, 9.17) is 15.2 Å². The van der Waals surface area contributed by atoms with Crippen LogP contribution < -0.4 is 15.2 Å². The third-order valence-corrected chi connectivity index (χ3v) is 4.18. The Labute approximate surface area is 122 Å². The molecule has 2 rings (SSSR count). The summed E-state index contributed by atoms with van der Waals surface area (Å²) < 4.78 is 12.2. The Morgan fingerprint density at radius 2 is 2.05 bits per heavy atom.